The van der Waals surface area contributed by atoms with E-state index in [1.807, 2.05) is 0 Å². The Balaban J connectivity index is 1.47. The number of anilines is 2. The highest BCUT2D eigenvalue weighted by atomic mass is 35.5. The van der Waals surface area contributed by atoms with Crippen LogP contribution in [0.4, 0.5) is 11.4 Å². The molecule has 1 fully saturated rings. The first-order chi connectivity index (χ1) is 18.1. The van der Waals surface area contributed by atoms with Crippen LogP contribution in [0.1, 0.15) is 30.1 Å². The molecule has 1 spiro atoms. The third-order valence-corrected chi connectivity index (χ3v) is 9.38. The van der Waals surface area contributed by atoms with Gasteiger partial charge in [-0.25, -0.2) is 8.42 Å². The lowest BCUT2D eigenvalue weighted by atomic mass is 9.74. The Morgan fingerprint density at radius 1 is 1.08 bits per heavy atom. The Kier molecular flexibility index (Phi) is 6.47. The first kappa shape index (κ1) is 26.2. The lowest BCUT2D eigenvalue weighted by Gasteiger charge is -2.35. The number of Topliss-reactive ketones (excluding diaryl/α,β-unsaturated/α-hetero) is 1. The van der Waals surface area contributed by atoms with E-state index < -0.39 is 33.1 Å². The van der Waals surface area contributed by atoms with E-state index in [2.05, 4.69) is 5.32 Å². The minimum absolute atomic E-state index is 0.0597. The number of carbonyl (C=O) groups is 2. The van der Waals surface area contributed by atoms with E-state index >= 15 is 0 Å². The quantitative estimate of drug-likeness (QED) is 0.524. The molecule has 0 saturated carbocycles. The maximum absolute atomic E-state index is 13.7. The van der Waals surface area contributed by atoms with Crippen LogP contribution in [0.15, 0.2) is 36.0 Å². The van der Waals surface area contributed by atoms with Crippen molar-refractivity contribution in [2.24, 2.45) is 5.92 Å². The van der Waals surface area contributed by atoms with Crippen molar-refractivity contribution < 1.29 is 37.0 Å². The van der Waals surface area contributed by atoms with Crippen LogP contribution in [0.5, 0.6) is 23.0 Å². The largest absolute Gasteiger partial charge is 0.496 e. The van der Waals surface area contributed by atoms with Gasteiger partial charge in [-0.2, -0.15) is 0 Å². The van der Waals surface area contributed by atoms with Crippen LogP contribution >= 0.6 is 11.6 Å². The van der Waals surface area contributed by atoms with Crippen LogP contribution in [-0.2, 0) is 14.8 Å². The molecule has 38 heavy (non-hydrogen) atoms. The molecule has 1 saturated heterocycles. The average molecular weight is 563 g/mol. The van der Waals surface area contributed by atoms with Gasteiger partial charge in [-0.1, -0.05) is 18.5 Å². The third kappa shape index (κ3) is 3.87. The van der Waals surface area contributed by atoms with E-state index in [4.69, 9.17) is 30.5 Å². The topological polar surface area (TPSA) is 120 Å². The highest BCUT2D eigenvalue weighted by Gasteiger charge is 2.60. The average Bonchev–Trinajstić information content (AvgIpc) is 3.40. The molecule has 202 valence electrons. The van der Waals surface area contributed by atoms with E-state index in [0.29, 0.717) is 42.2 Å². The highest BCUT2D eigenvalue weighted by molar-refractivity contribution is 7.93. The summed E-state index contributed by atoms with van der Waals surface area (Å²) in [5.41, 5.74) is -0.137. The molecule has 3 aliphatic rings. The second kappa shape index (κ2) is 9.39. The summed E-state index contributed by atoms with van der Waals surface area (Å²) in [7, 11) is 0.886. The minimum Gasteiger partial charge on any atom is -0.496 e. The first-order valence-corrected chi connectivity index (χ1v) is 13.9. The maximum atomic E-state index is 13.7. The number of benzene rings is 2. The zero-order valence-electron chi connectivity index (χ0n) is 21.3. The van der Waals surface area contributed by atoms with Crippen LogP contribution in [-0.4, -0.2) is 59.2 Å². The number of hydrogen-bond donors (Lipinski definition) is 1. The van der Waals surface area contributed by atoms with Gasteiger partial charge in [0, 0.05) is 36.0 Å². The van der Waals surface area contributed by atoms with Crippen molar-refractivity contribution in [1.29, 1.82) is 0 Å². The number of methoxy groups -OCH3 is 3. The Hall–Kier alpha value is -3.44. The van der Waals surface area contributed by atoms with Crippen LogP contribution in [0, 0.1) is 5.92 Å². The maximum Gasteiger partial charge on any atom is 0.236 e. The van der Waals surface area contributed by atoms with Crippen molar-refractivity contribution >= 4 is 44.6 Å². The summed E-state index contributed by atoms with van der Waals surface area (Å²) < 4.78 is 48.5. The van der Waals surface area contributed by atoms with Gasteiger partial charge < -0.3 is 24.3 Å². The van der Waals surface area contributed by atoms with Gasteiger partial charge in [-0.05, 0) is 31.0 Å². The monoisotopic (exact) mass is 562 g/mol. The Morgan fingerprint density at radius 2 is 1.79 bits per heavy atom. The molecule has 0 radical (unpaired) electrons. The summed E-state index contributed by atoms with van der Waals surface area (Å²) in [4.78, 5) is 27.2. The van der Waals surface area contributed by atoms with Gasteiger partial charge in [0.2, 0.25) is 27.2 Å². The fraction of sp³-hybridized carbons (Fsp3) is 0.385. The van der Waals surface area contributed by atoms with Gasteiger partial charge >= 0.3 is 0 Å². The molecule has 0 bridgehead atoms. The zero-order chi connectivity index (χ0) is 27.4. The fourth-order valence-electron chi connectivity index (χ4n) is 5.27. The summed E-state index contributed by atoms with van der Waals surface area (Å²) in [6, 6.07) is 6.56. The number of sulfonamides is 1. The van der Waals surface area contributed by atoms with Crippen molar-refractivity contribution in [3.8, 4) is 23.0 Å². The van der Waals surface area contributed by atoms with Gasteiger partial charge in [0.15, 0.2) is 5.75 Å². The first-order valence-electron chi connectivity index (χ1n) is 12.0. The van der Waals surface area contributed by atoms with E-state index in [9.17, 15) is 18.0 Å². The zero-order valence-corrected chi connectivity index (χ0v) is 22.9. The molecule has 10 nitrogen and oxygen atoms in total. The Morgan fingerprint density at radius 3 is 2.39 bits per heavy atom. The molecule has 0 unspecified atom stereocenters. The number of ether oxygens (including phenoxy) is 4. The number of halogens is 1. The molecule has 0 aromatic heterocycles. The number of rotatable bonds is 6. The van der Waals surface area contributed by atoms with Crippen LogP contribution < -0.4 is 28.6 Å². The number of allylic oxidation sites excluding steroid dienone is 1. The van der Waals surface area contributed by atoms with Crippen LogP contribution in [0.2, 0.25) is 5.02 Å². The molecule has 0 amide bonds. The van der Waals surface area contributed by atoms with Gasteiger partial charge in [0.1, 0.15) is 27.8 Å². The molecule has 2 heterocycles. The fourth-order valence-corrected chi connectivity index (χ4v) is 7.10. The van der Waals surface area contributed by atoms with Crippen LogP contribution in [0.25, 0.3) is 0 Å². The molecule has 1 N–H and O–H groups in total. The number of fused-ring (bicyclic) bond motifs is 1. The molecular weight excluding hydrogens is 536 g/mol. The number of nitrogens with zero attached hydrogens (tertiary/aromatic N) is 1. The number of nitrogens with one attached hydrogen (secondary N) is 1. The molecule has 2 aromatic carbocycles. The number of carbonyl (C=O) groups excluding carboxylic acids is 2. The Labute approximate surface area is 225 Å². The standard InChI is InChI=1S/C26H27ClN2O8S/c1-14-10-16(28-15-6-7-18(34-2)17(11-15)29-8-5-9-38(29,32)33)12-21(30)26(14)25(31)22-19(35-3)13-20(36-4)23(27)24(22)37-26/h6-7,11-14,28H,5,8-10H2,1-4H3/t14-,26+/m1/s1. The predicted molar refractivity (Wildman–Crippen MR) is 141 cm³/mol. The second-order valence-electron chi connectivity index (χ2n) is 9.36. The lowest BCUT2D eigenvalue weighted by molar-refractivity contribution is -0.129. The van der Waals surface area contributed by atoms with E-state index in [0.717, 1.165) is 0 Å². The SMILES string of the molecule is COc1ccc(NC2=CC(=O)[C@@]3(Oc4c(Cl)c(OC)cc(OC)c4C3=O)[C@H](C)C2)cc1N1CCCS1(=O)=O. The summed E-state index contributed by atoms with van der Waals surface area (Å²) in [6.07, 6.45) is 2.17. The van der Waals surface area contributed by atoms with Crippen molar-refractivity contribution in [2.45, 2.75) is 25.4 Å². The van der Waals surface area contributed by atoms with Crippen molar-refractivity contribution in [3.05, 3.63) is 46.6 Å². The van der Waals surface area contributed by atoms with Gasteiger partial charge in [0.25, 0.3) is 0 Å². The number of ketones is 2. The predicted octanol–water partition coefficient (Wildman–Crippen LogP) is 3.82. The van der Waals surface area contributed by atoms with Crippen molar-refractivity contribution in [2.75, 3.05) is 43.2 Å². The van der Waals surface area contributed by atoms with Gasteiger partial charge in [-0.15, -0.1) is 0 Å². The Bertz CT molecular complexity index is 1490. The van der Waals surface area contributed by atoms with Gasteiger partial charge in [-0.3, -0.25) is 13.9 Å². The van der Waals surface area contributed by atoms with E-state index in [1.165, 1.54) is 37.8 Å². The molecule has 2 atom stereocenters. The highest BCUT2D eigenvalue weighted by Crippen LogP contribution is 2.53. The van der Waals surface area contributed by atoms with E-state index in [1.54, 1.807) is 25.1 Å². The second-order valence-corrected chi connectivity index (χ2v) is 11.7. The molecule has 2 aliphatic heterocycles. The molecule has 12 heteroatoms. The normalized spacial score (nSPS) is 23.7. The summed E-state index contributed by atoms with van der Waals surface area (Å²) >= 11 is 6.44. The molecule has 1 aliphatic carbocycles. The summed E-state index contributed by atoms with van der Waals surface area (Å²) in [5, 5.41) is 3.29. The van der Waals surface area contributed by atoms with Gasteiger partial charge in [0.05, 0.1) is 32.8 Å². The third-order valence-electron chi connectivity index (χ3n) is 7.16. The smallest absolute Gasteiger partial charge is 0.236 e. The molecular formula is C26H27ClN2O8S. The summed E-state index contributed by atoms with van der Waals surface area (Å²) in [6.45, 7) is 2.12. The van der Waals surface area contributed by atoms with E-state index in [-0.39, 0.29) is 33.6 Å². The van der Waals surface area contributed by atoms with Crippen LogP contribution in [0.3, 0.4) is 0 Å². The number of hydrogen-bond acceptors (Lipinski definition) is 9. The van der Waals surface area contributed by atoms with Crippen molar-refractivity contribution in [3.63, 3.8) is 0 Å². The molecule has 2 aromatic rings. The molecule has 5 rings (SSSR count). The minimum atomic E-state index is -3.43. The summed E-state index contributed by atoms with van der Waals surface area (Å²) in [5.74, 6) is -0.596. The van der Waals surface area contributed by atoms with Crippen molar-refractivity contribution in [1.82, 2.24) is 0 Å². The lowest BCUT2D eigenvalue weighted by Crippen LogP contribution is -2.55.